The first-order valence-corrected chi connectivity index (χ1v) is 12.2. The molecule has 2 heterocycles. The summed E-state index contributed by atoms with van der Waals surface area (Å²) in [7, 11) is -3.65. The molecule has 158 valence electrons. The summed E-state index contributed by atoms with van der Waals surface area (Å²) in [5, 5.41) is 3.29. The molecule has 1 amide bonds. The summed E-state index contributed by atoms with van der Waals surface area (Å²) in [6.45, 7) is 3.44. The van der Waals surface area contributed by atoms with Gasteiger partial charge in [-0.1, -0.05) is 22.9 Å². The number of anilines is 1. The predicted molar refractivity (Wildman–Crippen MR) is 118 cm³/mol. The van der Waals surface area contributed by atoms with Crippen molar-refractivity contribution in [1.29, 1.82) is 0 Å². The van der Waals surface area contributed by atoms with Crippen LogP contribution in [0.5, 0.6) is 5.75 Å². The van der Waals surface area contributed by atoms with Gasteiger partial charge in [0.2, 0.25) is 10.0 Å². The molecule has 1 N–H and O–H groups in total. The predicted octanol–water partition coefficient (Wildman–Crippen LogP) is 4.39. The summed E-state index contributed by atoms with van der Waals surface area (Å²) < 4.78 is 33.4. The number of nitrogens with one attached hydrogen (secondary N) is 1. The van der Waals surface area contributed by atoms with Crippen LogP contribution < -0.4 is 10.1 Å². The number of rotatable bonds is 6. The summed E-state index contributed by atoms with van der Waals surface area (Å²) in [4.78, 5) is 17.3. The number of ether oxygens (including phenoxy) is 1. The maximum atomic E-state index is 12.8. The van der Waals surface area contributed by atoms with Gasteiger partial charge in [-0.2, -0.15) is 4.31 Å². The van der Waals surface area contributed by atoms with Crippen molar-refractivity contribution in [1.82, 2.24) is 9.29 Å². The molecular weight excluding hydrogens is 446 g/mol. The average molecular weight is 466 g/mol. The quantitative estimate of drug-likeness (QED) is 0.583. The van der Waals surface area contributed by atoms with Crippen LogP contribution in [0.1, 0.15) is 30.1 Å². The van der Waals surface area contributed by atoms with Crippen LogP contribution in [0.3, 0.4) is 0 Å². The van der Waals surface area contributed by atoms with Gasteiger partial charge in [-0.05, 0) is 56.2 Å². The Morgan fingerprint density at radius 3 is 2.73 bits per heavy atom. The lowest BCUT2D eigenvalue weighted by molar-refractivity contribution is 0.102. The molecule has 0 bridgehead atoms. The SMILES string of the molecule is CCOc1ccc2nc(NC(=O)c3cc(S(=O)(=O)N4CCCC4)ccc3Cl)sc2c1. The normalized spacial score (nSPS) is 14.9. The molecular formula is C20H20ClN3O4S2. The Balaban J connectivity index is 1.59. The summed E-state index contributed by atoms with van der Waals surface area (Å²) in [5.41, 5.74) is 0.821. The van der Waals surface area contributed by atoms with Crippen LogP contribution in [0.15, 0.2) is 41.3 Å². The zero-order valence-corrected chi connectivity index (χ0v) is 18.6. The van der Waals surface area contributed by atoms with Crippen molar-refractivity contribution in [2.45, 2.75) is 24.7 Å². The number of hydrogen-bond acceptors (Lipinski definition) is 6. The van der Waals surface area contributed by atoms with E-state index in [1.165, 1.54) is 33.8 Å². The zero-order chi connectivity index (χ0) is 21.3. The second kappa shape index (κ2) is 8.50. The van der Waals surface area contributed by atoms with Crippen LogP contribution >= 0.6 is 22.9 Å². The number of sulfonamides is 1. The highest BCUT2D eigenvalue weighted by atomic mass is 35.5. The molecule has 0 spiro atoms. The minimum Gasteiger partial charge on any atom is -0.494 e. The number of aromatic nitrogens is 1. The van der Waals surface area contributed by atoms with Gasteiger partial charge in [0.05, 0.1) is 32.3 Å². The van der Waals surface area contributed by atoms with Crippen LogP contribution in [0.4, 0.5) is 5.13 Å². The maximum absolute atomic E-state index is 12.8. The van der Waals surface area contributed by atoms with E-state index in [-0.39, 0.29) is 15.5 Å². The number of hydrogen-bond donors (Lipinski definition) is 1. The summed E-state index contributed by atoms with van der Waals surface area (Å²) in [6, 6.07) is 9.70. The van der Waals surface area contributed by atoms with E-state index in [0.29, 0.717) is 24.8 Å². The lowest BCUT2D eigenvalue weighted by atomic mass is 10.2. The molecule has 1 aromatic heterocycles. The van der Waals surface area contributed by atoms with Crippen molar-refractivity contribution in [3.63, 3.8) is 0 Å². The third-order valence-electron chi connectivity index (χ3n) is 4.78. The number of halogens is 1. The van der Waals surface area contributed by atoms with Gasteiger partial charge in [-0.25, -0.2) is 13.4 Å². The largest absolute Gasteiger partial charge is 0.494 e. The fourth-order valence-corrected chi connectivity index (χ4v) is 5.93. The minimum atomic E-state index is -3.65. The fourth-order valence-electron chi connectivity index (χ4n) is 3.30. The zero-order valence-electron chi connectivity index (χ0n) is 16.2. The molecule has 0 unspecified atom stereocenters. The van der Waals surface area contributed by atoms with Gasteiger partial charge in [-0.3, -0.25) is 10.1 Å². The number of nitrogens with zero attached hydrogens (tertiary/aromatic N) is 2. The lowest BCUT2D eigenvalue weighted by Gasteiger charge is -2.16. The number of benzene rings is 2. The number of thiazole rings is 1. The number of carbonyl (C=O) groups is 1. The molecule has 3 aromatic rings. The average Bonchev–Trinajstić information content (AvgIpc) is 3.38. The highest BCUT2D eigenvalue weighted by molar-refractivity contribution is 7.89. The molecule has 0 aliphatic carbocycles. The first-order chi connectivity index (χ1) is 14.4. The van der Waals surface area contributed by atoms with Crippen LogP contribution in [-0.4, -0.2) is 43.3 Å². The Kier molecular flexibility index (Phi) is 5.97. The molecule has 10 heteroatoms. The van der Waals surface area contributed by atoms with E-state index >= 15 is 0 Å². The number of fused-ring (bicyclic) bond motifs is 1. The molecule has 7 nitrogen and oxygen atoms in total. The highest BCUT2D eigenvalue weighted by Gasteiger charge is 2.28. The van der Waals surface area contributed by atoms with Crippen molar-refractivity contribution in [3.05, 3.63) is 47.0 Å². The molecule has 30 heavy (non-hydrogen) atoms. The van der Waals surface area contributed by atoms with Gasteiger partial charge in [0.1, 0.15) is 5.75 Å². The van der Waals surface area contributed by atoms with Crippen LogP contribution in [0, 0.1) is 0 Å². The smallest absolute Gasteiger partial charge is 0.259 e. The highest BCUT2D eigenvalue weighted by Crippen LogP contribution is 2.31. The second-order valence-electron chi connectivity index (χ2n) is 6.79. The number of carbonyl (C=O) groups excluding carboxylic acids is 1. The van der Waals surface area contributed by atoms with Crippen LogP contribution in [-0.2, 0) is 10.0 Å². The van der Waals surface area contributed by atoms with Crippen molar-refractivity contribution >= 4 is 54.2 Å². The molecule has 1 saturated heterocycles. The molecule has 1 fully saturated rings. The maximum Gasteiger partial charge on any atom is 0.259 e. The van der Waals surface area contributed by atoms with Crippen molar-refractivity contribution in [2.24, 2.45) is 0 Å². The Morgan fingerprint density at radius 2 is 2.00 bits per heavy atom. The van der Waals surface area contributed by atoms with E-state index in [1.807, 2.05) is 25.1 Å². The van der Waals surface area contributed by atoms with E-state index in [1.54, 1.807) is 0 Å². The summed E-state index contributed by atoms with van der Waals surface area (Å²) >= 11 is 7.50. The van der Waals surface area contributed by atoms with E-state index in [2.05, 4.69) is 10.3 Å². The molecule has 4 rings (SSSR count). The van der Waals surface area contributed by atoms with Gasteiger partial charge in [0, 0.05) is 13.1 Å². The van der Waals surface area contributed by atoms with Crippen LogP contribution in [0.2, 0.25) is 5.02 Å². The molecule has 0 radical (unpaired) electrons. The molecule has 1 aliphatic heterocycles. The monoisotopic (exact) mass is 465 g/mol. The molecule has 1 aliphatic rings. The van der Waals surface area contributed by atoms with E-state index < -0.39 is 15.9 Å². The molecule has 0 saturated carbocycles. The third-order valence-corrected chi connectivity index (χ3v) is 7.93. The summed E-state index contributed by atoms with van der Waals surface area (Å²) in [6.07, 6.45) is 1.67. The van der Waals surface area contributed by atoms with E-state index in [0.717, 1.165) is 28.8 Å². The van der Waals surface area contributed by atoms with Gasteiger partial charge in [0.15, 0.2) is 5.13 Å². The lowest BCUT2D eigenvalue weighted by Crippen LogP contribution is -2.28. The number of amides is 1. The Hall–Kier alpha value is -2.20. The molecule has 0 atom stereocenters. The Labute approximate surface area is 183 Å². The first kappa shape index (κ1) is 21.0. The first-order valence-electron chi connectivity index (χ1n) is 9.53. The molecule has 2 aromatic carbocycles. The van der Waals surface area contributed by atoms with Gasteiger partial charge in [-0.15, -0.1) is 0 Å². The van der Waals surface area contributed by atoms with Crippen molar-refractivity contribution in [3.8, 4) is 5.75 Å². The standard InChI is InChI=1S/C20H20ClN3O4S2/c1-2-28-13-5-8-17-18(11-13)29-20(22-17)23-19(25)15-12-14(6-7-16(15)21)30(26,27)24-9-3-4-10-24/h5-8,11-12H,2-4,9-10H2,1H3,(H,22,23,25). The second-order valence-corrected chi connectivity index (χ2v) is 10.2. The van der Waals surface area contributed by atoms with Gasteiger partial charge in [0.25, 0.3) is 5.91 Å². The Bertz CT molecular complexity index is 1200. The van der Waals surface area contributed by atoms with Gasteiger partial charge < -0.3 is 4.74 Å². The van der Waals surface area contributed by atoms with Gasteiger partial charge >= 0.3 is 0 Å². The fraction of sp³-hybridized carbons (Fsp3) is 0.300. The Morgan fingerprint density at radius 1 is 1.23 bits per heavy atom. The van der Waals surface area contributed by atoms with Crippen LogP contribution in [0.25, 0.3) is 10.2 Å². The van der Waals surface area contributed by atoms with E-state index in [9.17, 15) is 13.2 Å². The minimum absolute atomic E-state index is 0.0598. The third kappa shape index (κ3) is 4.15. The summed E-state index contributed by atoms with van der Waals surface area (Å²) in [5.74, 6) is 0.219. The van der Waals surface area contributed by atoms with E-state index in [4.69, 9.17) is 16.3 Å². The topological polar surface area (TPSA) is 88.6 Å². The van der Waals surface area contributed by atoms with Crippen molar-refractivity contribution in [2.75, 3.05) is 25.0 Å². The van der Waals surface area contributed by atoms with Crippen molar-refractivity contribution < 1.29 is 17.9 Å².